The third kappa shape index (κ3) is 4.73. The highest BCUT2D eigenvalue weighted by atomic mass is 15.2. The minimum Gasteiger partial charge on any atom is -0.360 e. The molecule has 1 aliphatic heterocycles. The highest BCUT2D eigenvalue weighted by Crippen LogP contribution is 2.46. The molecule has 3 unspecified atom stereocenters. The van der Waals surface area contributed by atoms with Crippen LogP contribution < -0.4 is 4.90 Å². The van der Waals surface area contributed by atoms with Crippen LogP contribution in [0, 0.1) is 28.6 Å². The number of benzene rings is 6. The summed E-state index contributed by atoms with van der Waals surface area (Å²) in [5, 5.41) is 22.7. The average Bonchev–Trinajstić information content (AvgIpc) is 3.51. The van der Waals surface area contributed by atoms with E-state index in [0.29, 0.717) is 12.0 Å². The van der Waals surface area contributed by atoms with Crippen molar-refractivity contribution in [1.29, 1.82) is 10.5 Å². The highest BCUT2D eigenvalue weighted by molar-refractivity contribution is 6.09. The van der Waals surface area contributed by atoms with Crippen molar-refractivity contribution >= 4 is 27.5 Å². The van der Waals surface area contributed by atoms with E-state index in [2.05, 4.69) is 167 Å². The van der Waals surface area contributed by atoms with E-state index in [4.69, 9.17) is 0 Å². The topological polar surface area (TPSA) is 55.8 Å². The lowest BCUT2D eigenvalue weighted by atomic mass is 9.75. The van der Waals surface area contributed by atoms with Gasteiger partial charge in [0.15, 0.2) is 0 Å². The van der Waals surface area contributed by atoms with Crippen molar-refractivity contribution in [1.82, 2.24) is 4.57 Å². The van der Waals surface area contributed by atoms with Crippen LogP contribution in [-0.2, 0) is 6.54 Å². The second-order valence-corrected chi connectivity index (χ2v) is 13.1. The van der Waals surface area contributed by atoms with Gasteiger partial charge in [0, 0.05) is 40.2 Å². The van der Waals surface area contributed by atoms with Gasteiger partial charge in [-0.05, 0) is 76.7 Å². The van der Waals surface area contributed by atoms with E-state index in [1.807, 2.05) is 6.07 Å². The summed E-state index contributed by atoms with van der Waals surface area (Å²) >= 11 is 0. The van der Waals surface area contributed by atoms with Crippen molar-refractivity contribution in [2.45, 2.75) is 24.9 Å². The second kappa shape index (κ2) is 11.7. The van der Waals surface area contributed by atoms with Gasteiger partial charge in [0.2, 0.25) is 0 Å². The van der Waals surface area contributed by atoms with Gasteiger partial charge in [-0.1, -0.05) is 109 Å². The molecule has 2 aliphatic rings. The molecule has 0 spiro atoms. The second-order valence-electron chi connectivity index (χ2n) is 13.1. The van der Waals surface area contributed by atoms with E-state index in [-0.39, 0.29) is 17.9 Å². The Morgan fingerprint density at radius 3 is 2.10 bits per heavy atom. The van der Waals surface area contributed by atoms with Crippen molar-refractivity contribution < 1.29 is 0 Å². The van der Waals surface area contributed by atoms with Crippen molar-refractivity contribution in [2.75, 3.05) is 4.90 Å². The lowest BCUT2D eigenvalue weighted by molar-refractivity contribution is 0.472. The first kappa shape index (κ1) is 28.8. The number of allylic oxidation sites excluding steroid dienone is 1. The third-order valence-corrected chi connectivity index (χ3v) is 10.4. The largest absolute Gasteiger partial charge is 0.360 e. The highest BCUT2D eigenvalue weighted by Gasteiger charge is 2.36. The maximum absolute atomic E-state index is 10.2. The summed E-state index contributed by atoms with van der Waals surface area (Å²) < 4.78 is 2.34. The van der Waals surface area contributed by atoms with Crippen LogP contribution in [0.3, 0.4) is 0 Å². The molecule has 3 atom stereocenters. The molecule has 1 aromatic heterocycles. The van der Waals surface area contributed by atoms with E-state index in [0.717, 1.165) is 28.9 Å². The maximum atomic E-state index is 10.2. The predicted molar refractivity (Wildman–Crippen MR) is 198 cm³/mol. The standard InChI is InChI=1S/C45H32N4/c46-27-30-20-22-36(32-11-9-12-34(26-32)49-44-18-7-4-15-38(44)39-16-5-8-19-45(39)49)40(24-30)41-25-31(28-47)21-23-43(41)48-29-33-10-1-2-13-35(33)37-14-3-6-17-42(37)48/h1-24,26,31,41,43H,25,29H2. The fourth-order valence-corrected chi connectivity index (χ4v) is 8.22. The van der Waals surface area contributed by atoms with Crippen molar-refractivity contribution in [3.63, 3.8) is 0 Å². The first-order chi connectivity index (χ1) is 24.2. The molecular formula is C45H32N4. The van der Waals surface area contributed by atoms with Crippen molar-refractivity contribution in [3.8, 4) is 40.1 Å². The van der Waals surface area contributed by atoms with Crippen LogP contribution in [0.25, 0.3) is 49.7 Å². The van der Waals surface area contributed by atoms with Gasteiger partial charge in [0.25, 0.3) is 0 Å². The Morgan fingerprint density at radius 1 is 0.612 bits per heavy atom. The van der Waals surface area contributed by atoms with Gasteiger partial charge in [-0.25, -0.2) is 0 Å². The predicted octanol–water partition coefficient (Wildman–Crippen LogP) is 10.6. The third-order valence-electron chi connectivity index (χ3n) is 10.4. The molecule has 0 N–H and O–H groups in total. The summed E-state index contributed by atoms with van der Waals surface area (Å²) in [6.07, 6.45) is 5.00. The van der Waals surface area contributed by atoms with Crippen LogP contribution in [0.4, 0.5) is 5.69 Å². The zero-order chi connectivity index (χ0) is 32.9. The van der Waals surface area contributed by atoms with Crippen LogP contribution in [0.1, 0.15) is 29.0 Å². The number of para-hydroxylation sites is 3. The Kier molecular flexibility index (Phi) is 6.89. The summed E-state index contributed by atoms with van der Waals surface area (Å²) in [6, 6.07) is 54.2. The summed E-state index contributed by atoms with van der Waals surface area (Å²) in [6.45, 7) is 0.770. The van der Waals surface area contributed by atoms with Gasteiger partial charge in [-0.2, -0.15) is 10.5 Å². The first-order valence-corrected chi connectivity index (χ1v) is 16.9. The first-order valence-electron chi connectivity index (χ1n) is 16.9. The summed E-state index contributed by atoms with van der Waals surface area (Å²) in [5.74, 6) is -0.232. The summed E-state index contributed by atoms with van der Waals surface area (Å²) in [5.41, 5.74) is 12.3. The monoisotopic (exact) mass is 628 g/mol. The van der Waals surface area contributed by atoms with Crippen LogP contribution in [0.15, 0.2) is 152 Å². The number of nitriles is 2. The molecule has 0 saturated carbocycles. The molecule has 0 fully saturated rings. The SMILES string of the molecule is N#Cc1ccc(-c2cccc(-n3c4ccccc4c4ccccc43)c2)c(C2CC(C#N)C=CC2N2Cc3ccccc3-c3ccccc32)c1. The molecule has 2 heterocycles. The Bertz CT molecular complexity index is 2470. The van der Waals surface area contributed by atoms with Gasteiger partial charge in [-0.3, -0.25) is 0 Å². The Labute approximate surface area is 286 Å². The molecule has 0 saturated heterocycles. The van der Waals surface area contributed by atoms with Gasteiger partial charge in [0.05, 0.1) is 40.7 Å². The number of fused-ring (bicyclic) bond motifs is 6. The number of anilines is 1. The van der Waals surface area contributed by atoms with E-state index < -0.39 is 0 Å². The van der Waals surface area contributed by atoms with Gasteiger partial charge in [0.1, 0.15) is 0 Å². The molecule has 0 bridgehead atoms. The zero-order valence-corrected chi connectivity index (χ0v) is 26.9. The zero-order valence-electron chi connectivity index (χ0n) is 26.9. The molecule has 232 valence electrons. The number of nitrogens with zero attached hydrogens (tertiary/aromatic N) is 4. The lowest BCUT2D eigenvalue weighted by Crippen LogP contribution is -2.42. The summed E-state index contributed by atoms with van der Waals surface area (Å²) in [7, 11) is 0. The molecule has 4 heteroatoms. The Hall–Kier alpha value is -6.36. The van der Waals surface area contributed by atoms with E-state index >= 15 is 0 Å². The Balaban J connectivity index is 1.21. The maximum Gasteiger partial charge on any atom is 0.0991 e. The molecule has 1 aliphatic carbocycles. The molecule has 4 nitrogen and oxygen atoms in total. The van der Waals surface area contributed by atoms with E-state index in [1.165, 1.54) is 44.2 Å². The fourth-order valence-electron chi connectivity index (χ4n) is 8.22. The van der Waals surface area contributed by atoms with Crippen LogP contribution in [0.5, 0.6) is 0 Å². The van der Waals surface area contributed by atoms with E-state index in [9.17, 15) is 10.5 Å². The lowest BCUT2D eigenvalue weighted by Gasteiger charge is -2.43. The molecule has 7 aromatic rings. The van der Waals surface area contributed by atoms with Crippen LogP contribution >= 0.6 is 0 Å². The minimum absolute atomic E-state index is 0.00711. The number of rotatable bonds is 4. The van der Waals surface area contributed by atoms with Gasteiger partial charge < -0.3 is 9.47 Å². The normalized spacial score (nSPS) is 18.1. The molecule has 0 amide bonds. The van der Waals surface area contributed by atoms with Crippen LogP contribution in [-0.4, -0.2) is 10.6 Å². The van der Waals surface area contributed by atoms with Crippen molar-refractivity contribution in [3.05, 3.63) is 168 Å². The summed E-state index contributed by atoms with van der Waals surface area (Å²) in [4.78, 5) is 2.50. The van der Waals surface area contributed by atoms with Gasteiger partial charge in [-0.15, -0.1) is 0 Å². The molecular weight excluding hydrogens is 597 g/mol. The molecule has 6 aromatic carbocycles. The van der Waals surface area contributed by atoms with Crippen molar-refractivity contribution in [2.24, 2.45) is 5.92 Å². The van der Waals surface area contributed by atoms with Gasteiger partial charge >= 0.3 is 0 Å². The van der Waals surface area contributed by atoms with Crippen LogP contribution in [0.2, 0.25) is 0 Å². The number of hydrogen-bond donors (Lipinski definition) is 0. The molecule has 49 heavy (non-hydrogen) atoms. The number of hydrogen-bond acceptors (Lipinski definition) is 3. The fraction of sp³-hybridized carbons (Fsp3) is 0.111. The Morgan fingerprint density at radius 2 is 1.33 bits per heavy atom. The quantitative estimate of drug-likeness (QED) is 0.182. The average molecular weight is 629 g/mol. The molecule has 9 rings (SSSR count). The van der Waals surface area contributed by atoms with E-state index in [1.54, 1.807) is 0 Å². The molecule has 0 radical (unpaired) electrons. The number of aromatic nitrogens is 1. The minimum atomic E-state index is -0.212. The smallest absolute Gasteiger partial charge is 0.0991 e.